The van der Waals surface area contributed by atoms with E-state index in [1.165, 1.54) is 24.1 Å². The number of aromatic nitrogens is 2. The molecule has 0 bridgehead atoms. The molecule has 0 aliphatic heterocycles. The highest BCUT2D eigenvalue weighted by molar-refractivity contribution is 5.92. The summed E-state index contributed by atoms with van der Waals surface area (Å²) in [5, 5.41) is 20.8. The lowest BCUT2D eigenvalue weighted by atomic mass is 9.89. The summed E-state index contributed by atoms with van der Waals surface area (Å²) in [6.45, 7) is 8.12. The van der Waals surface area contributed by atoms with Gasteiger partial charge >= 0.3 is 0 Å². The van der Waals surface area contributed by atoms with Gasteiger partial charge in [0.2, 0.25) is 0 Å². The number of nitrogens with zero attached hydrogens (tertiary/aromatic N) is 4. The van der Waals surface area contributed by atoms with E-state index in [1.54, 1.807) is 6.07 Å². The second-order valence-corrected chi connectivity index (χ2v) is 9.25. The lowest BCUT2D eigenvalue weighted by Gasteiger charge is -2.36. The molecule has 4 rings (SSSR count). The third-order valence-corrected chi connectivity index (χ3v) is 6.67. The molecule has 33 heavy (non-hydrogen) atoms. The number of carbonyl (C=O) groups excluding carboxylic acids is 1. The van der Waals surface area contributed by atoms with Gasteiger partial charge in [0.05, 0.1) is 17.3 Å². The van der Waals surface area contributed by atoms with Crippen molar-refractivity contribution in [3.05, 3.63) is 52.8 Å². The van der Waals surface area contributed by atoms with Crippen molar-refractivity contribution in [2.24, 2.45) is 0 Å². The number of nitriles is 1. The monoisotopic (exact) mass is 449 g/mol. The van der Waals surface area contributed by atoms with Crippen LogP contribution in [0.25, 0.3) is 0 Å². The largest absolute Gasteiger partial charge is 0.372 e. The number of amides is 1. The molecule has 0 spiro atoms. The van der Waals surface area contributed by atoms with Crippen molar-refractivity contribution in [3.63, 3.8) is 0 Å². The number of rotatable bonds is 6. The Hall–Kier alpha value is -2.94. The molecule has 1 heterocycles. The Bertz CT molecular complexity index is 974. The van der Waals surface area contributed by atoms with Crippen LogP contribution in [0.3, 0.4) is 0 Å². The van der Waals surface area contributed by atoms with E-state index in [9.17, 15) is 10.1 Å². The van der Waals surface area contributed by atoms with Crippen molar-refractivity contribution >= 4 is 11.6 Å². The van der Waals surface area contributed by atoms with E-state index in [2.05, 4.69) is 59.5 Å². The van der Waals surface area contributed by atoms with Gasteiger partial charge in [-0.15, -0.1) is 5.10 Å². The van der Waals surface area contributed by atoms with Gasteiger partial charge in [0.25, 0.3) is 5.91 Å². The van der Waals surface area contributed by atoms with Crippen molar-refractivity contribution in [3.8, 4) is 6.07 Å². The van der Waals surface area contributed by atoms with Gasteiger partial charge in [-0.2, -0.15) is 10.4 Å². The van der Waals surface area contributed by atoms with Gasteiger partial charge in [-0.25, -0.2) is 0 Å². The first-order valence-corrected chi connectivity index (χ1v) is 12.4. The highest BCUT2D eigenvalue weighted by Gasteiger charge is 2.29. The van der Waals surface area contributed by atoms with Crippen LogP contribution in [0.2, 0.25) is 0 Å². The second kappa shape index (κ2) is 11.3. The summed E-state index contributed by atoms with van der Waals surface area (Å²) < 4.78 is 0. The fourth-order valence-corrected chi connectivity index (χ4v) is 4.45. The molecule has 1 N–H and O–H groups in total. The first-order valence-electron chi connectivity index (χ1n) is 12.4. The number of hydrogen-bond donors (Lipinski definition) is 1. The van der Waals surface area contributed by atoms with Crippen LogP contribution in [0.15, 0.2) is 30.3 Å². The van der Waals surface area contributed by atoms with Gasteiger partial charge in [-0.3, -0.25) is 4.79 Å². The number of anilines is 1. The molecular formula is C27H39N5O. The number of benzene rings is 1. The average molecular weight is 450 g/mol. The molecule has 6 nitrogen and oxygen atoms in total. The summed E-state index contributed by atoms with van der Waals surface area (Å²) in [7, 11) is 2.15. The van der Waals surface area contributed by atoms with Crippen molar-refractivity contribution in [2.45, 2.75) is 90.1 Å². The quantitative estimate of drug-likeness (QED) is 0.603. The van der Waals surface area contributed by atoms with Crippen LogP contribution in [-0.2, 0) is 0 Å². The zero-order valence-corrected chi connectivity index (χ0v) is 20.6. The fraction of sp³-hybridized carbons (Fsp3) is 0.556. The van der Waals surface area contributed by atoms with E-state index in [4.69, 9.17) is 0 Å². The Morgan fingerprint density at radius 3 is 2.33 bits per heavy atom. The number of hydrogen-bond acceptors (Lipinski definition) is 5. The van der Waals surface area contributed by atoms with Gasteiger partial charge < -0.3 is 10.2 Å². The Morgan fingerprint density at radius 1 is 1.09 bits per heavy atom. The summed E-state index contributed by atoms with van der Waals surface area (Å²) in [4.78, 5) is 14.9. The van der Waals surface area contributed by atoms with Crippen LogP contribution in [0.5, 0.6) is 0 Å². The van der Waals surface area contributed by atoms with Crippen LogP contribution in [-0.4, -0.2) is 35.2 Å². The number of nitrogens with one attached hydrogen (secondary N) is 1. The van der Waals surface area contributed by atoms with Crippen LogP contribution in [0.1, 0.15) is 107 Å². The fourth-order valence-electron chi connectivity index (χ4n) is 4.45. The molecule has 2 aliphatic carbocycles. The maximum Gasteiger partial charge on any atom is 0.272 e. The Balaban J connectivity index is 0.00000133. The third-order valence-electron chi connectivity index (χ3n) is 6.67. The van der Waals surface area contributed by atoms with Crippen molar-refractivity contribution in [1.29, 1.82) is 5.26 Å². The third kappa shape index (κ3) is 6.10. The average Bonchev–Trinajstić information content (AvgIpc) is 3.70. The van der Waals surface area contributed by atoms with Gasteiger partial charge in [-0.1, -0.05) is 27.7 Å². The lowest BCUT2D eigenvalue weighted by molar-refractivity contribution is 0.0919. The molecule has 6 heteroatoms. The summed E-state index contributed by atoms with van der Waals surface area (Å²) >= 11 is 0. The zero-order chi connectivity index (χ0) is 24.0. The summed E-state index contributed by atoms with van der Waals surface area (Å²) in [5.41, 5.74) is 4.49. The Morgan fingerprint density at radius 2 is 1.79 bits per heavy atom. The first-order chi connectivity index (χ1) is 16.0. The van der Waals surface area contributed by atoms with E-state index < -0.39 is 0 Å². The molecular weight excluding hydrogens is 410 g/mol. The molecule has 2 aliphatic rings. The second-order valence-electron chi connectivity index (χ2n) is 9.25. The topological polar surface area (TPSA) is 81.9 Å². The first kappa shape index (κ1) is 24.7. The minimum Gasteiger partial charge on any atom is -0.372 e. The Labute approximate surface area is 199 Å². The molecule has 2 fully saturated rings. The van der Waals surface area contributed by atoms with Crippen molar-refractivity contribution < 1.29 is 6.22 Å². The normalized spacial score (nSPS) is 19.8. The van der Waals surface area contributed by atoms with Gasteiger partial charge in [0, 0.05) is 26.2 Å². The lowest BCUT2D eigenvalue weighted by Crippen LogP contribution is -2.43. The molecule has 1 aromatic carbocycles. The van der Waals surface area contributed by atoms with E-state index >= 15 is 0 Å². The predicted octanol–water partition coefficient (Wildman–Crippen LogP) is 5.80. The molecule has 1 amide bonds. The predicted molar refractivity (Wildman–Crippen MR) is 135 cm³/mol. The van der Waals surface area contributed by atoms with E-state index in [1.807, 2.05) is 26.0 Å². The smallest absolute Gasteiger partial charge is 0.272 e. The van der Waals surface area contributed by atoms with Crippen LogP contribution < -0.4 is 10.2 Å². The SMILES string of the molecule is CC.CC(C)c1ccc(C(=O)NC2CCC(N(C)c3ccc(C#N)c(C4CC4)c3)CC2)nn1.[HH]. The van der Waals surface area contributed by atoms with Crippen LogP contribution in [0, 0.1) is 11.3 Å². The highest BCUT2D eigenvalue weighted by Crippen LogP contribution is 2.43. The molecule has 2 aromatic rings. The summed E-state index contributed by atoms with van der Waals surface area (Å²) in [6, 6.07) is 12.8. The zero-order valence-electron chi connectivity index (χ0n) is 20.6. The molecule has 0 unspecified atom stereocenters. The maximum absolute atomic E-state index is 12.5. The maximum atomic E-state index is 12.5. The minimum atomic E-state index is -0.138. The summed E-state index contributed by atoms with van der Waals surface area (Å²) in [6.07, 6.45) is 6.33. The molecule has 178 valence electrons. The highest BCUT2D eigenvalue weighted by atomic mass is 16.2. The standard InChI is InChI=1S/C25H31N5O.C2H6.H2/c1-16(2)23-12-13-24(29-28-23)25(31)27-19-7-10-20(11-8-19)30(3)21-9-6-18(15-26)22(14-21)17-4-5-17;1-2;/h6,9,12-14,16-17,19-20H,4-5,7-8,10-11H2,1-3H3,(H,27,31);1-2H3;1H. The minimum absolute atomic E-state index is 0. The molecule has 0 radical (unpaired) electrons. The van der Waals surface area contributed by atoms with E-state index in [0.29, 0.717) is 23.6 Å². The molecule has 1 aromatic heterocycles. The number of carbonyl (C=O) groups is 1. The molecule has 0 saturated heterocycles. The molecule has 0 atom stereocenters. The summed E-state index contributed by atoms with van der Waals surface area (Å²) in [5.74, 6) is 0.723. The van der Waals surface area contributed by atoms with E-state index in [-0.39, 0.29) is 13.4 Å². The van der Waals surface area contributed by atoms with Gasteiger partial charge in [0.15, 0.2) is 5.69 Å². The van der Waals surface area contributed by atoms with Gasteiger partial charge in [-0.05, 0) is 86.3 Å². The van der Waals surface area contributed by atoms with Gasteiger partial charge in [0.1, 0.15) is 0 Å². The Kier molecular flexibility index (Phi) is 8.43. The van der Waals surface area contributed by atoms with Crippen molar-refractivity contribution in [2.75, 3.05) is 11.9 Å². The van der Waals surface area contributed by atoms with Crippen molar-refractivity contribution in [1.82, 2.24) is 15.5 Å². The van der Waals surface area contributed by atoms with E-state index in [0.717, 1.165) is 36.9 Å². The van der Waals surface area contributed by atoms with Crippen LogP contribution >= 0.6 is 0 Å². The molecule has 2 saturated carbocycles. The van der Waals surface area contributed by atoms with Crippen LogP contribution in [0.4, 0.5) is 5.69 Å².